The molecule has 14 heavy (non-hydrogen) atoms. The predicted molar refractivity (Wildman–Crippen MR) is 58.4 cm³/mol. The molecular formula is C12H20NO+. The highest BCUT2D eigenvalue weighted by Crippen LogP contribution is 2.20. The number of quaternary nitrogens is 1. The van der Waals surface area contributed by atoms with Crippen molar-refractivity contribution in [1.29, 1.82) is 0 Å². The molecule has 0 unspecified atom stereocenters. The van der Waals surface area contributed by atoms with Crippen molar-refractivity contribution in [3.63, 3.8) is 0 Å². The standard InChI is InChI=1S/C12H19NO/c1-9(2)12(13-3)10-5-7-11(14-4)8-6-10/h5-9,12-13H,1-4H3/p+1/t12-/m0/s1. The second kappa shape index (κ2) is 5.01. The Labute approximate surface area is 86.3 Å². The summed E-state index contributed by atoms with van der Waals surface area (Å²) in [5.74, 6) is 1.57. The Hall–Kier alpha value is -1.02. The topological polar surface area (TPSA) is 25.8 Å². The highest BCUT2D eigenvalue weighted by molar-refractivity contribution is 5.28. The average molecular weight is 194 g/mol. The van der Waals surface area contributed by atoms with Gasteiger partial charge in [-0.1, -0.05) is 13.8 Å². The monoisotopic (exact) mass is 194 g/mol. The van der Waals surface area contributed by atoms with Gasteiger partial charge in [0.2, 0.25) is 0 Å². The molecule has 0 aromatic heterocycles. The molecule has 78 valence electrons. The first-order valence-corrected chi connectivity index (χ1v) is 5.12. The summed E-state index contributed by atoms with van der Waals surface area (Å²) in [6.07, 6.45) is 0. The number of rotatable bonds is 4. The molecule has 0 bridgehead atoms. The molecule has 1 aromatic carbocycles. The first-order valence-electron chi connectivity index (χ1n) is 5.12. The van der Waals surface area contributed by atoms with Gasteiger partial charge in [-0.3, -0.25) is 0 Å². The van der Waals surface area contributed by atoms with E-state index in [0.717, 1.165) is 5.75 Å². The van der Waals surface area contributed by atoms with Gasteiger partial charge in [-0.05, 0) is 24.3 Å². The largest absolute Gasteiger partial charge is 0.497 e. The van der Waals surface area contributed by atoms with E-state index >= 15 is 0 Å². The van der Waals surface area contributed by atoms with Crippen LogP contribution >= 0.6 is 0 Å². The van der Waals surface area contributed by atoms with Gasteiger partial charge in [-0.25, -0.2) is 0 Å². The Balaban J connectivity index is 2.84. The van der Waals surface area contributed by atoms with Crippen molar-refractivity contribution in [2.24, 2.45) is 5.92 Å². The fourth-order valence-corrected chi connectivity index (χ4v) is 1.79. The van der Waals surface area contributed by atoms with E-state index in [1.54, 1.807) is 7.11 Å². The van der Waals surface area contributed by atoms with Crippen LogP contribution in [0.1, 0.15) is 25.5 Å². The first-order chi connectivity index (χ1) is 6.69. The van der Waals surface area contributed by atoms with Crippen LogP contribution < -0.4 is 10.1 Å². The third-order valence-corrected chi connectivity index (χ3v) is 2.58. The van der Waals surface area contributed by atoms with Crippen LogP contribution in [-0.4, -0.2) is 14.2 Å². The van der Waals surface area contributed by atoms with Crippen molar-refractivity contribution in [3.05, 3.63) is 29.8 Å². The highest BCUT2D eigenvalue weighted by atomic mass is 16.5. The second-order valence-electron chi connectivity index (χ2n) is 3.88. The molecule has 0 heterocycles. The summed E-state index contributed by atoms with van der Waals surface area (Å²) in [6.45, 7) is 4.49. The Morgan fingerprint density at radius 1 is 1.14 bits per heavy atom. The fourth-order valence-electron chi connectivity index (χ4n) is 1.79. The molecule has 0 aliphatic heterocycles. The zero-order chi connectivity index (χ0) is 10.6. The number of hydrogen-bond donors (Lipinski definition) is 1. The summed E-state index contributed by atoms with van der Waals surface area (Å²) in [5, 5.41) is 2.26. The summed E-state index contributed by atoms with van der Waals surface area (Å²) in [6, 6.07) is 8.87. The molecule has 2 heteroatoms. The Morgan fingerprint density at radius 3 is 2.07 bits per heavy atom. The van der Waals surface area contributed by atoms with Crippen LogP contribution in [0.2, 0.25) is 0 Å². The molecule has 0 aliphatic carbocycles. The molecule has 2 N–H and O–H groups in total. The molecule has 0 fully saturated rings. The van der Waals surface area contributed by atoms with E-state index in [1.165, 1.54) is 5.56 Å². The molecule has 0 saturated heterocycles. The van der Waals surface area contributed by atoms with Crippen molar-refractivity contribution >= 4 is 0 Å². The van der Waals surface area contributed by atoms with Crippen LogP contribution in [0.25, 0.3) is 0 Å². The maximum atomic E-state index is 5.13. The lowest BCUT2D eigenvalue weighted by molar-refractivity contribution is -0.676. The smallest absolute Gasteiger partial charge is 0.118 e. The van der Waals surface area contributed by atoms with Crippen LogP contribution in [-0.2, 0) is 0 Å². The van der Waals surface area contributed by atoms with Crippen LogP contribution in [0.5, 0.6) is 5.75 Å². The lowest BCUT2D eigenvalue weighted by Gasteiger charge is -2.17. The third kappa shape index (κ3) is 2.48. The molecule has 0 radical (unpaired) electrons. The molecule has 0 spiro atoms. The van der Waals surface area contributed by atoms with E-state index in [-0.39, 0.29) is 0 Å². The summed E-state index contributed by atoms with van der Waals surface area (Å²) < 4.78 is 5.13. The molecule has 0 aliphatic rings. The molecule has 2 nitrogen and oxygen atoms in total. The van der Waals surface area contributed by atoms with E-state index < -0.39 is 0 Å². The van der Waals surface area contributed by atoms with Gasteiger partial charge < -0.3 is 10.1 Å². The van der Waals surface area contributed by atoms with Gasteiger partial charge in [0.1, 0.15) is 11.8 Å². The molecular weight excluding hydrogens is 174 g/mol. The third-order valence-electron chi connectivity index (χ3n) is 2.58. The van der Waals surface area contributed by atoms with Gasteiger partial charge in [0.05, 0.1) is 14.2 Å². The SMILES string of the molecule is C[NH2+][C@H](c1ccc(OC)cc1)C(C)C. The first kappa shape index (κ1) is 11.1. The minimum atomic E-state index is 0.543. The van der Waals surface area contributed by atoms with Crippen LogP contribution in [0.4, 0.5) is 0 Å². The maximum Gasteiger partial charge on any atom is 0.118 e. The van der Waals surface area contributed by atoms with Crippen LogP contribution in [0.15, 0.2) is 24.3 Å². The van der Waals surface area contributed by atoms with E-state index in [4.69, 9.17) is 4.74 Å². The number of nitrogens with two attached hydrogens (primary N) is 1. The molecule has 0 amide bonds. The normalized spacial score (nSPS) is 12.9. The number of hydrogen-bond acceptors (Lipinski definition) is 1. The van der Waals surface area contributed by atoms with Gasteiger partial charge >= 0.3 is 0 Å². The zero-order valence-electron chi connectivity index (χ0n) is 9.45. The van der Waals surface area contributed by atoms with Gasteiger partial charge in [0, 0.05) is 11.5 Å². The Morgan fingerprint density at radius 2 is 1.71 bits per heavy atom. The second-order valence-corrected chi connectivity index (χ2v) is 3.88. The fraction of sp³-hybridized carbons (Fsp3) is 0.500. The number of benzene rings is 1. The van der Waals surface area contributed by atoms with Gasteiger partial charge in [0.15, 0.2) is 0 Å². The Kier molecular flexibility index (Phi) is 3.96. The minimum Gasteiger partial charge on any atom is -0.497 e. The summed E-state index contributed by atoms with van der Waals surface area (Å²) in [7, 11) is 3.82. The Bertz CT molecular complexity index is 266. The molecule has 1 atom stereocenters. The van der Waals surface area contributed by atoms with Crippen molar-refractivity contribution in [1.82, 2.24) is 0 Å². The lowest BCUT2D eigenvalue weighted by Crippen LogP contribution is -2.82. The van der Waals surface area contributed by atoms with Gasteiger partial charge in [-0.15, -0.1) is 0 Å². The summed E-state index contributed by atoms with van der Waals surface area (Å²) in [4.78, 5) is 0. The van der Waals surface area contributed by atoms with E-state index in [0.29, 0.717) is 12.0 Å². The van der Waals surface area contributed by atoms with Gasteiger partial charge in [-0.2, -0.15) is 0 Å². The van der Waals surface area contributed by atoms with Crippen LogP contribution in [0.3, 0.4) is 0 Å². The van der Waals surface area contributed by atoms with Crippen molar-refractivity contribution < 1.29 is 10.1 Å². The minimum absolute atomic E-state index is 0.543. The van der Waals surface area contributed by atoms with E-state index in [1.807, 2.05) is 12.1 Å². The summed E-state index contributed by atoms with van der Waals surface area (Å²) in [5.41, 5.74) is 1.36. The summed E-state index contributed by atoms with van der Waals surface area (Å²) >= 11 is 0. The predicted octanol–water partition coefficient (Wildman–Crippen LogP) is 1.59. The lowest BCUT2D eigenvalue weighted by atomic mass is 9.96. The number of methoxy groups -OCH3 is 1. The van der Waals surface area contributed by atoms with E-state index in [2.05, 4.69) is 38.3 Å². The quantitative estimate of drug-likeness (QED) is 0.774. The average Bonchev–Trinajstić information content (AvgIpc) is 2.19. The number of ether oxygens (including phenoxy) is 1. The highest BCUT2D eigenvalue weighted by Gasteiger charge is 2.16. The van der Waals surface area contributed by atoms with Crippen molar-refractivity contribution in [2.45, 2.75) is 19.9 Å². The molecule has 0 saturated carbocycles. The van der Waals surface area contributed by atoms with Gasteiger partial charge in [0.25, 0.3) is 0 Å². The van der Waals surface area contributed by atoms with Crippen molar-refractivity contribution in [3.8, 4) is 5.75 Å². The van der Waals surface area contributed by atoms with Crippen molar-refractivity contribution in [2.75, 3.05) is 14.2 Å². The molecule has 1 aromatic rings. The molecule has 1 rings (SSSR count). The maximum absolute atomic E-state index is 5.13. The van der Waals surface area contributed by atoms with E-state index in [9.17, 15) is 0 Å². The zero-order valence-corrected chi connectivity index (χ0v) is 9.45. The van der Waals surface area contributed by atoms with Crippen LogP contribution in [0, 0.1) is 5.92 Å².